The van der Waals surface area contributed by atoms with Gasteiger partial charge in [0.15, 0.2) is 0 Å². The number of amides is 1. The van der Waals surface area contributed by atoms with Gasteiger partial charge in [-0.1, -0.05) is 12.1 Å². The number of halogens is 1. The normalized spacial score (nSPS) is 11.3. The van der Waals surface area contributed by atoms with Crippen molar-refractivity contribution in [2.45, 2.75) is 26.4 Å². The molecule has 0 saturated heterocycles. The van der Waals surface area contributed by atoms with E-state index >= 15 is 0 Å². The van der Waals surface area contributed by atoms with Crippen LogP contribution in [0.25, 0.3) is 0 Å². The van der Waals surface area contributed by atoms with Crippen molar-refractivity contribution in [1.29, 1.82) is 0 Å². The number of phenolic OH excluding ortho intramolecular Hbond substituents is 1. The van der Waals surface area contributed by atoms with Crippen molar-refractivity contribution in [2.75, 3.05) is 5.32 Å². The van der Waals surface area contributed by atoms with E-state index in [9.17, 15) is 24.2 Å². The van der Waals surface area contributed by atoms with Crippen LogP contribution in [0.15, 0.2) is 54.6 Å². The number of phenols is 1. The largest absolute Gasteiger partial charge is 0.508 e. The smallest absolute Gasteiger partial charge is 0.312 e. The second-order valence-corrected chi connectivity index (χ2v) is 7.33. The first-order valence-corrected chi connectivity index (χ1v) is 9.71. The van der Waals surface area contributed by atoms with E-state index in [4.69, 9.17) is 9.84 Å². The molecule has 0 aliphatic carbocycles. The molecule has 9 heteroatoms. The van der Waals surface area contributed by atoms with E-state index in [0.29, 0.717) is 33.9 Å². The van der Waals surface area contributed by atoms with Gasteiger partial charge in [0.05, 0.1) is 0 Å². The molecule has 0 bridgehead atoms. The van der Waals surface area contributed by atoms with Gasteiger partial charge in [-0.25, -0.2) is 4.39 Å². The minimum atomic E-state index is -1.22. The molecular weight excluding hydrogens is 456 g/mol. The van der Waals surface area contributed by atoms with Crippen molar-refractivity contribution in [1.82, 2.24) is 0 Å². The number of aromatic hydroxyl groups is 1. The van der Waals surface area contributed by atoms with E-state index in [-0.39, 0.29) is 62.7 Å². The fourth-order valence-corrected chi connectivity index (χ4v) is 3.28. The Morgan fingerprint density at radius 2 is 1.64 bits per heavy atom. The van der Waals surface area contributed by atoms with Crippen LogP contribution in [0.5, 0.6) is 17.2 Å². The van der Waals surface area contributed by atoms with Crippen molar-refractivity contribution >= 4 is 68.9 Å². The molecule has 0 heterocycles. The van der Waals surface area contributed by atoms with Crippen LogP contribution >= 0.6 is 0 Å². The number of rotatable bonds is 7. The van der Waals surface area contributed by atoms with Gasteiger partial charge in [0, 0.05) is 62.6 Å². The van der Waals surface area contributed by atoms with Crippen LogP contribution in [-0.2, 0) is 9.59 Å². The van der Waals surface area contributed by atoms with E-state index < -0.39 is 30.2 Å². The van der Waals surface area contributed by atoms with Crippen LogP contribution in [-0.4, -0.2) is 78.6 Å². The quantitative estimate of drug-likeness (QED) is 0.301. The summed E-state index contributed by atoms with van der Waals surface area (Å²) in [7, 11) is 0. The van der Waals surface area contributed by atoms with E-state index in [2.05, 4.69) is 5.32 Å². The molecule has 167 valence electrons. The third kappa shape index (κ3) is 7.10. The second kappa shape index (κ2) is 11.7. The molecule has 1 radical (unpaired) electrons. The molecule has 1 amide bonds. The fraction of sp³-hybridized carbons (Fsp3) is 0.167. The van der Waals surface area contributed by atoms with Crippen molar-refractivity contribution in [2.24, 2.45) is 0 Å². The van der Waals surface area contributed by atoms with Crippen LogP contribution < -0.4 is 10.1 Å². The van der Waals surface area contributed by atoms with Crippen molar-refractivity contribution in [3.8, 4) is 17.2 Å². The summed E-state index contributed by atoms with van der Waals surface area (Å²) in [5.41, 5.74) is 2.42. The maximum absolute atomic E-state index is 13.2. The number of aliphatic hydroxyl groups is 1. The molecule has 4 N–H and O–H groups in total. The first-order valence-electron chi connectivity index (χ1n) is 9.71. The first-order chi connectivity index (χ1) is 15.1. The predicted molar refractivity (Wildman–Crippen MR) is 121 cm³/mol. The molecule has 0 spiro atoms. The number of hydrogen-bond donors (Lipinski definition) is 4. The monoisotopic (exact) mass is 478 g/mol. The number of ether oxygens (including phenoxy) is 1. The summed E-state index contributed by atoms with van der Waals surface area (Å²) in [6.07, 6.45) is -1.82. The Bertz CT molecular complexity index is 1140. The van der Waals surface area contributed by atoms with E-state index in [1.54, 1.807) is 26.0 Å². The van der Waals surface area contributed by atoms with Gasteiger partial charge in [-0.05, 0) is 73.0 Å². The summed E-state index contributed by atoms with van der Waals surface area (Å²) in [6.45, 7) is 3.54. The molecule has 0 saturated carbocycles. The number of carboxylic acids is 1. The van der Waals surface area contributed by atoms with Gasteiger partial charge in [0.2, 0.25) is 5.91 Å². The number of carbonyl (C=O) groups excluding carboxylic acids is 1. The zero-order valence-electron chi connectivity index (χ0n) is 18.4. The summed E-state index contributed by atoms with van der Waals surface area (Å²) in [6, 6.07) is 13.0. The van der Waals surface area contributed by atoms with Gasteiger partial charge in [-0.3, -0.25) is 9.59 Å². The van der Waals surface area contributed by atoms with Gasteiger partial charge in [-0.2, -0.15) is 0 Å². The van der Waals surface area contributed by atoms with E-state index in [1.165, 1.54) is 42.5 Å². The Morgan fingerprint density at radius 3 is 2.21 bits per heavy atom. The standard InChI is InChI=1S/C24H22FNO6.K/c1-13-9-17(26-21(28)12-22(29)30)10-14(2)24(13)32-18-7-8-20(27)19(11-18)23(31)15-3-5-16(25)6-4-15;/h3-11,23,27,31H,12H2,1-2H3,(H,26,28)(H,29,30);. The Balaban J connectivity index is 0.00000385. The summed E-state index contributed by atoms with van der Waals surface area (Å²) in [4.78, 5) is 22.4. The number of aliphatic carboxylic acids is 1. The minimum Gasteiger partial charge on any atom is -0.508 e. The molecular formula is C24H22FKNO6. The maximum Gasteiger partial charge on any atom is 0.312 e. The number of carbonyl (C=O) groups is 2. The molecule has 7 nitrogen and oxygen atoms in total. The number of nitrogens with one attached hydrogen (secondary N) is 1. The SMILES string of the molecule is Cc1cc(NC(=O)CC(=O)O)cc(C)c1Oc1ccc(O)c(C(O)c2ccc(F)cc2)c1.[K]. The second-order valence-electron chi connectivity index (χ2n) is 7.33. The van der Waals surface area contributed by atoms with Crippen LogP contribution in [0.2, 0.25) is 0 Å². The van der Waals surface area contributed by atoms with Gasteiger partial charge in [0.1, 0.15) is 35.6 Å². The van der Waals surface area contributed by atoms with Crippen LogP contribution in [0.3, 0.4) is 0 Å². The Kier molecular flexibility index (Phi) is 9.59. The summed E-state index contributed by atoms with van der Waals surface area (Å²) >= 11 is 0. The van der Waals surface area contributed by atoms with Crippen molar-refractivity contribution < 1.29 is 34.0 Å². The Morgan fingerprint density at radius 1 is 1.03 bits per heavy atom. The van der Waals surface area contributed by atoms with Crippen molar-refractivity contribution in [3.63, 3.8) is 0 Å². The number of benzene rings is 3. The number of hydrogen-bond acceptors (Lipinski definition) is 5. The molecule has 0 aliphatic rings. The average molecular weight is 479 g/mol. The average Bonchev–Trinajstić information content (AvgIpc) is 2.71. The summed E-state index contributed by atoms with van der Waals surface area (Å²) in [5, 5.41) is 32.1. The molecule has 3 rings (SSSR count). The van der Waals surface area contributed by atoms with E-state index in [1.807, 2.05) is 0 Å². The predicted octanol–water partition coefficient (Wildman–Crippen LogP) is 4.05. The maximum atomic E-state index is 13.2. The number of aliphatic hydroxyl groups excluding tert-OH is 1. The molecule has 0 aliphatic heterocycles. The molecule has 3 aromatic carbocycles. The van der Waals surface area contributed by atoms with Gasteiger partial charge >= 0.3 is 5.97 Å². The fourth-order valence-electron chi connectivity index (χ4n) is 3.28. The zero-order chi connectivity index (χ0) is 23.4. The van der Waals surface area contributed by atoms with Crippen molar-refractivity contribution in [3.05, 3.63) is 82.7 Å². The topological polar surface area (TPSA) is 116 Å². The minimum absolute atomic E-state index is 0. The molecule has 1 unspecified atom stereocenters. The van der Waals surface area contributed by atoms with Gasteiger partial charge in [-0.15, -0.1) is 0 Å². The van der Waals surface area contributed by atoms with Crippen LogP contribution in [0, 0.1) is 19.7 Å². The number of anilines is 1. The van der Waals surface area contributed by atoms with Crippen LogP contribution in [0.4, 0.5) is 10.1 Å². The van der Waals surface area contributed by atoms with Gasteiger partial charge in [0.25, 0.3) is 0 Å². The molecule has 3 aromatic rings. The van der Waals surface area contributed by atoms with Crippen LogP contribution in [0.1, 0.15) is 34.8 Å². The molecule has 0 fully saturated rings. The zero-order valence-corrected chi connectivity index (χ0v) is 21.5. The number of aryl methyl sites for hydroxylation is 2. The number of carboxylic acid groups (broad SMARTS) is 1. The molecule has 33 heavy (non-hydrogen) atoms. The first kappa shape index (κ1) is 27.0. The summed E-state index contributed by atoms with van der Waals surface area (Å²) in [5.74, 6) is -1.57. The third-order valence-corrected chi connectivity index (χ3v) is 4.76. The third-order valence-electron chi connectivity index (χ3n) is 4.76. The summed E-state index contributed by atoms with van der Waals surface area (Å²) < 4.78 is 19.1. The van der Waals surface area contributed by atoms with E-state index in [0.717, 1.165) is 0 Å². The molecule has 1 atom stereocenters. The molecule has 0 aromatic heterocycles. The van der Waals surface area contributed by atoms with Gasteiger partial charge < -0.3 is 25.4 Å². The Hall–Kier alpha value is -2.27. The Labute approximate surface area is 232 Å².